The van der Waals surface area contributed by atoms with Crippen molar-refractivity contribution in [2.24, 2.45) is 0 Å². The maximum absolute atomic E-state index is 12.3. The van der Waals surface area contributed by atoms with Crippen molar-refractivity contribution in [3.63, 3.8) is 0 Å². The van der Waals surface area contributed by atoms with Crippen LogP contribution < -0.4 is 5.30 Å². The minimum Gasteiger partial charge on any atom is -0.289 e. The van der Waals surface area contributed by atoms with Gasteiger partial charge in [-0.1, -0.05) is 51.8 Å². The standard InChI is InChI=1S/C14H11BrClOP/c1-8-6-12(15)11(7-13(8)16)14(17)9-2-4-10(18)5-3-9/h2-7H,18H2,1H3. The number of hydrogen-bond acceptors (Lipinski definition) is 1. The normalized spacial score (nSPS) is 10.4. The molecule has 4 heteroatoms. The predicted molar refractivity (Wildman–Crippen MR) is 83.1 cm³/mol. The van der Waals surface area contributed by atoms with E-state index in [4.69, 9.17) is 11.6 Å². The Morgan fingerprint density at radius 3 is 2.44 bits per heavy atom. The number of rotatable bonds is 2. The van der Waals surface area contributed by atoms with Gasteiger partial charge >= 0.3 is 0 Å². The summed E-state index contributed by atoms with van der Waals surface area (Å²) in [5.74, 6) is -0.0335. The highest BCUT2D eigenvalue weighted by Gasteiger charge is 2.14. The maximum atomic E-state index is 12.3. The lowest BCUT2D eigenvalue weighted by molar-refractivity contribution is 0.103. The first-order valence-corrected chi connectivity index (χ1v) is 7.10. The number of carbonyl (C=O) groups excluding carboxylic acids is 1. The van der Waals surface area contributed by atoms with Crippen LogP contribution in [-0.2, 0) is 0 Å². The van der Waals surface area contributed by atoms with Crippen LogP contribution in [0, 0.1) is 6.92 Å². The summed E-state index contributed by atoms with van der Waals surface area (Å²) < 4.78 is 0.768. The molecule has 0 saturated carbocycles. The highest BCUT2D eigenvalue weighted by atomic mass is 79.9. The molecular weight excluding hydrogens is 330 g/mol. The van der Waals surface area contributed by atoms with E-state index >= 15 is 0 Å². The van der Waals surface area contributed by atoms with E-state index in [1.807, 2.05) is 37.3 Å². The van der Waals surface area contributed by atoms with Crippen LogP contribution in [0.2, 0.25) is 5.02 Å². The van der Waals surface area contributed by atoms with Crippen LogP contribution in [0.4, 0.5) is 0 Å². The molecule has 1 unspecified atom stereocenters. The third-order valence-corrected chi connectivity index (χ3v) is 4.11. The molecule has 0 bridgehead atoms. The minimum absolute atomic E-state index is 0.0335. The molecule has 0 aliphatic carbocycles. The van der Waals surface area contributed by atoms with Crippen molar-refractivity contribution in [2.45, 2.75) is 6.92 Å². The van der Waals surface area contributed by atoms with E-state index in [9.17, 15) is 4.79 Å². The highest BCUT2D eigenvalue weighted by Crippen LogP contribution is 2.27. The molecule has 1 atom stereocenters. The second-order valence-electron chi connectivity index (χ2n) is 4.03. The molecule has 2 aromatic rings. The Hall–Kier alpha value is -0.690. The Labute approximate surface area is 122 Å². The summed E-state index contributed by atoms with van der Waals surface area (Å²) in [6, 6.07) is 11.0. The van der Waals surface area contributed by atoms with Crippen molar-refractivity contribution in [2.75, 3.05) is 0 Å². The van der Waals surface area contributed by atoms with Crippen molar-refractivity contribution in [1.29, 1.82) is 0 Å². The SMILES string of the molecule is Cc1cc(Br)c(C(=O)c2ccc(P)cc2)cc1Cl. The van der Waals surface area contributed by atoms with Gasteiger partial charge in [0.2, 0.25) is 0 Å². The largest absolute Gasteiger partial charge is 0.289 e. The van der Waals surface area contributed by atoms with Gasteiger partial charge in [-0.3, -0.25) is 4.79 Å². The van der Waals surface area contributed by atoms with Gasteiger partial charge in [-0.25, -0.2) is 0 Å². The first kappa shape index (κ1) is 13.7. The number of hydrogen-bond donors (Lipinski definition) is 0. The molecule has 0 aliphatic heterocycles. The molecule has 0 aliphatic rings. The van der Waals surface area contributed by atoms with Gasteiger partial charge in [0.15, 0.2) is 5.78 Å². The van der Waals surface area contributed by atoms with Crippen molar-refractivity contribution >= 4 is 47.9 Å². The van der Waals surface area contributed by atoms with Gasteiger partial charge in [0.25, 0.3) is 0 Å². The van der Waals surface area contributed by atoms with Crippen LogP contribution in [0.25, 0.3) is 0 Å². The lowest BCUT2D eigenvalue weighted by atomic mass is 10.0. The molecule has 2 rings (SSSR count). The maximum Gasteiger partial charge on any atom is 0.194 e. The second kappa shape index (κ2) is 5.52. The minimum atomic E-state index is -0.0335. The zero-order valence-corrected chi connectivity index (χ0v) is 13.2. The Bertz CT molecular complexity index is 608. The van der Waals surface area contributed by atoms with E-state index in [2.05, 4.69) is 25.2 Å². The first-order valence-electron chi connectivity index (χ1n) is 5.35. The molecule has 0 amide bonds. The lowest BCUT2D eigenvalue weighted by Crippen LogP contribution is -2.04. The van der Waals surface area contributed by atoms with E-state index in [0.717, 1.165) is 15.3 Å². The van der Waals surface area contributed by atoms with Crippen molar-refractivity contribution in [3.05, 3.63) is 62.6 Å². The summed E-state index contributed by atoms with van der Waals surface area (Å²) >= 11 is 9.48. The molecule has 0 heterocycles. The summed E-state index contributed by atoms with van der Waals surface area (Å²) in [5, 5.41) is 1.65. The summed E-state index contributed by atoms with van der Waals surface area (Å²) in [4.78, 5) is 12.3. The molecule has 2 aromatic carbocycles. The number of aryl methyl sites for hydroxylation is 1. The molecule has 0 fully saturated rings. The number of carbonyl (C=O) groups is 1. The fourth-order valence-electron chi connectivity index (χ4n) is 1.61. The number of halogens is 2. The van der Waals surface area contributed by atoms with Crippen molar-refractivity contribution in [1.82, 2.24) is 0 Å². The fraction of sp³-hybridized carbons (Fsp3) is 0.0714. The van der Waals surface area contributed by atoms with Gasteiger partial charge in [-0.15, -0.1) is 9.24 Å². The molecular formula is C14H11BrClOP. The lowest BCUT2D eigenvalue weighted by Gasteiger charge is -2.07. The van der Waals surface area contributed by atoms with Gasteiger partial charge in [-0.2, -0.15) is 0 Å². The van der Waals surface area contributed by atoms with Gasteiger partial charge in [0, 0.05) is 20.6 Å². The fourth-order valence-corrected chi connectivity index (χ4v) is 2.60. The molecule has 0 N–H and O–H groups in total. The van der Waals surface area contributed by atoms with Gasteiger partial charge in [0.05, 0.1) is 0 Å². The average Bonchev–Trinajstić information content (AvgIpc) is 2.34. The van der Waals surface area contributed by atoms with Gasteiger partial charge < -0.3 is 0 Å². The predicted octanol–water partition coefficient (Wildman–Crippen LogP) is 4.14. The Balaban J connectivity index is 2.46. The molecule has 0 spiro atoms. The topological polar surface area (TPSA) is 17.1 Å². The molecule has 18 heavy (non-hydrogen) atoms. The third kappa shape index (κ3) is 2.83. The summed E-state index contributed by atoms with van der Waals surface area (Å²) in [5.41, 5.74) is 2.18. The summed E-state index contributed by atoms with van der Waals surface area (Å²) in [6.07, 6.45) is 0. The van der Waals surface area contributed by atoms with Crippen LogP contribution in [0.5, 0.6) is 0 Å². The average molecular weight is 342 g/mol. The summed E-state index contributed by atoms with van der Waals surface area (Å²) in [6.45, 7) is 1.91. The summed E-state index contributed by atoms with van der Waals surface area (Å²) in [7, 11) is 2.59. The van der Waals surface area contributed by atoms with E-state index in [1.165, 1.54) is 0 Å². The van der Waals surface area contributed by atoms with Crippen LogP contribution in [0.3, 0.4) is 0 Å². The Kier molecular flexibility index (Phi) is 4.21. The number of benzene rings is 2. The van der Waals surface area contributed by atoms with Gasteiger partial charge in [-0.05, 0) is 29.9 Å². The van der Waals surface area contributed by atoms with Crippen LogP contribution in [0.1, 0.15) is 21.5 Å². The number of ketones is 1. The molecule has 1 nitrogen and oxygen atoms in total. The van der Waals surface area contributed by atoms with E-state index in [-0.39, 0.29) is 5.78 Å². The van der Waals surface area contributed by atoms with Crippen molar-refractivity contribution < 1.29 is 4.79 Å². The van der Waals surface area contributed by atoms with Gasteiger partial charge in [0.1, 0.15) is 0 Å². The monoisotopic (exact) mass is 340 g/mol. The van der Waals surface area contributed by atoms with E-state index < -0.39 is 0 Å². The van der Waals surface area contributed by atoms with E-state index in [0.29, 0.717) is 16.1 Å². The van der Waals surface area contributed by atoms with Crippen LogP contribution in [-0.4, -0.2) is 5.78 Å². The Morgan fingerprint density at radius 1 is 1.22 bits per heavy atom. The Morgan fingerprint density at radius 2 is 1.83 bits per heavy atom. The zero-order valence-electron chi connectivity index (χ0n) is 9.71. The van der Waals surface area contributed by atoms with Crippen molar-refractivity contribution in [3.8, 4) is 0 Å². The zero-order chi connectivity index (χ0) is 13.3. The van der Waals surface area contributed by atoms with E-state index in [1.54, 1.807) is 6.07 Å². The second-order valence-corrected chi connectivity index (χ2v) is 5.96. The molecule has 0 aromatic heterocycles. The molecule has 0 radical (unpaired) electrons. The first-order chi connectivity index (χ1) is 8.49. The molecule has 92 valence electrons. The quantitative estimate of drug-likeness (QED) is 0.592. The van der Waals surface area contributed by atoms with Crippen LogP contribution in [0.15, 0.2) is 40.9 Å². The highest BCUT2D eigenvalue weighted by molar-refractivity contribution is 9.10. The molecule has 0 saturated heterocycles. The smallest absolute Gasteiger partial charge is 0.194 e. The third-order valence-electron chi connectivity index (χ3n) is 2.67. The van der Waals surface area contributed by atoms with Crippen LogP contribution >= 0.6 is 36.8 Å².